The molecule has 0 aliphatic rings. The van der Waals surface area contributed by atoms with Gasteiger partial charge in [-0.2, -0.15) is 0 Å². The summed E-state index contributed by atoms with van der Waals surface area (Å²) in [4.78, 5) is 12.4. The molecule has 0 aliphatic heterocycles. The van der Waals surface area contributed by atoms with Crippen LogP contribution in [-0.4, -0.2) is 33.2 Å². The van der Waals surface area contributed by atoms with Crippen LogP contribution < -0.4 is 4.74 Å². The molecule has 1 aromatic rings. The van der Waals surface area contributed by atoms with Gasteiger partial charge in [0.1, 0.15) is 5.56 Å². The standard InChI is InChI=1S/C11H14O4S/c1-13-7-15-10-8(11(12)14-2)5-4-6-9(10)16-3/h4-6H,7H2,1-3H3. The van der Waals surface area contributed by atoms with Gasteiger partial charge < -0.3 is 14.2 Å². The molecule has 0 saturated carbocycles. The lowest BCUT2D eigenvalue weighted by Crippen LogP contribution is -2.08. The van der Waals surface area contributed by atoms with Crippen molar-refractivity contribution < 1.29 is 19.0 Å². The number of hydrogen-bond acceptors (Lipinski definition) is 5. The Morgan fingerprint density at radius 2 is 2.12 bits per heavy atom. The minimum absolute atomic E-state index is 0.0988. The Hall–Kier alpha value is -1.20. The number of benzene rings is 1. The number of rotatable bonds is 5. The van der Waals surface area contributed by atoms with Gasteiger partial charge in [0, 0.05) is 7.11 Å². The van der Waals surface area contributed by atoms with Crippen molar-refractivity contribution in [1.29, 1.82) is 0 Å². The normalized spacial score (nSPS) is 9.94. The first kappa shape index (κ1) is 12.9. The molecule has 0 bridgehead atoms. The molecule has 0 heterocycles. The first-order chi connectivity index (χ1) is 7.74. The van der Waals surface area contributed by atoms with Crippen LogP contribution in [0.15, 0.2) is 23.1 Å². The third kappa shape index (κ3) is 2.90. The van der Waals surface area contributed by atoms with Crippen molar-refractivity contribution in [3.05, 3.63) is 23.8 Å². The molecule has 0 saturated heterocycles. The molecule has 1 aromatic carbocycles. The van der Waals surface area contributed by atoms with E-state index in [-0.39, 0.29) is 6.79 Å². The van der Waals surface area contributed by atoms with Gasteiger partial charge in [-0.05, 0) is 18.4 Å². The second-order valence-electron chi connectivity index (χ2n) is 2.88. The zero-order valence-electron chi connectivity index (χ0n) is 9.48. The molecule has 0 spiro atoms. The Balaban J connectivity index is 3.09. The lowest BCUT2D eigenvalue weighted by Gasteiger charge is -2.12. The predicted molar refractivity (Wildman–Crippen MR) is 62.1 cm³/mol. The van der Waals surface area contributed by atoms with E-state index >= 15 is 0 Å². The number of thioether (sulfide) groups is 1. The lowest BCUT2D eigenvalue weighted by molar-refractivity contribution is 0.0448. The van der Waals surface area contributed by atoms with E-state index in [2.05, 4.69) is 4.74 Å². The molecule has 16 heavy (non-hydrogen) atoms. The predicted octanol–water partition coefficient (Wildman–Crippen LogP) is 2.18. The average molecular weight is 242 g/mol. The summed E-state index contributed by atoms with van der Waals surface area (Å²) in [6, 6.07) is 5.33. The second-order valence-corrected chi connectivity index (χ2v) is 3.73. The fourth-order valence-electron chi connectivity index (χ4n) is 1.21. The van der Waals surface area contributed by atoms with Crippen LogP contribution in [0.4, 0.5) is 0 Å². The van der Waals surface area contributed by atoms with Crippen molar-refractivity contribution in [1.82, 2.24) is 0 Å². The quantitative estimate of drug-likeness (QED) is 0.450. The molecule has 0 atom stereocenters. The van der Waals surface area contributed by atoms with Gasteiger partial charge in [-0.25, -0.2) is 4.79 Å². The molecule has 0 fully saturated rings. The summed E-state index contributed by atoms with van der Waals surface area (Å²) in [6.07, 6.45) is 1.91. The van der Waals surface area contributed by atoms with Crippen molar-refractivity contribution >= 4 is 17.7 Å². The Kier molecular flexibility index (Phi) is 5.14. The maximum absolute atomic E-state index is 11.5. The van der Waals surface area contributed by atoms with Crippen molar-refractivity contribution in [3.63, 3.8) is 0 Å². The average Bonchev–Trinajstić information content (AvgIpc) is 2.34. The van der Waals surface area contributed by atoms with E-state index in [0.29, 0.717) is 11.3 Å². The molecule has 0 radical (unpaired) electrons. The van der Waals surface area contributed by atoms with E-state index in [0.717, 1.165) is 4.90 Å². The van der Waals surface area contributed by atoms with Gasteiger partial charge in [0.2, 0.25) is 0 Å². The largest absolute Gasteiger partial charge is 0.465 e. The zero-order chi connectivity index (χ0) is 12.0. The smallest absolute Gasteiger partial charge is 0.341 e. The Labute approximate surface area is 98.9 Å². The molecule has 0 amide bonds. The van der Waals surface area contributed by atoms with Gasteiger partial charge in [-0.15, -0.1) is 11.8 Å². The van der Waals surface area contributed by atoms with Gasteiger partial charge >= 0.3 is 5.97 Å². The van der Waals surface area contributed by atoms with Crippen LogP contribution in [0.5, 0.6) is 5.75 Å². The maximum Gasteiger partial charge on any atom is 0.341 e. The number of carbonyl (C=O) groups is 1. The highest BCUT2D eigenvalue weighted by atomic mass is 32.2. The van der Waals surface area contributed by atoms with E-state index in [4.69, 9.17) is 9.47 Å². The topological polar surface area (TPSA) is 44.8 Å². The third-order valence-corrected chi connectivity index (χ3v) is 2.69. The van der Waals surface area contributed by atoms with E-state index < -0.39 is 5.97 Å². The number of hydrogen-bond donors (Lipinski definition) is 0. The van der Waals surface area contributed by atoms with Crippen LogP contribution in [0.3, 0.4) is 0 Å². The summed E-state index contributed by atoms with van der Waals surface area (Å²) < 4.78 is 14.9. The van der Waals surface area contributed by atoms with Crippen molar-refractivity contribution in [2.75, 3.05) is 27.3 Å². The fraction of sp³-hybridized carbons (Fsp3) is 0.364. The van der Waals surface area contributed by atoms with Crippen LogP contribution in [0.2, 0.25) is 0 Å². The van der Waals surface area contributed by atoms with Crippen LogP contribution in [0.1, 0.15) is 10.4 Å². The summed E-state index contributed by atoms with van der Waals surface area (Å²) in [5.41, 5.74) is 0.409. The van der Waals surface area contributed by atoms with Crippen LogP contribution in [-0.2, 0) is 9.47 Å². The molecule has 88 valence electrons. The Morgan fingerprint density at radius 3 is 2.69 bits per heavy atom. The van der Waals surface area contributed by atoms with Gasteiger partial charge in [-0.1, -0.05) is 6.07 Å². The van der Waals surface area contributed by atoms with Gasteiger partial charge in [0.05, 0.1) is 12.0 Å². The molecule has 0 N–H and O–H groups in total. The minimum atomic E-state index is -0.415. The first-order valence-electron chi connectivity index (χ1n) is 4.61. The maximum atomic E-state index is 11.5. The van der Waals surface area contributed by atoms with Crippen LogP contribution in [0, 0.1) is 0 Å². The molecule has 0 aliphatic carbocycles. The van der Waals surface area contributed by atoms with Gasteiger partial charge in [0.25, 0.3) is 0 Å². The summed E-state index contributed by atoms with van der Waals surface area (Å²) in [7, 11) is 2.87. The molecule has 0 aromatic heterocycles. The summed E-state index contributed by atoms with van der Waals surface area (Å²) in [5.74, 6) is 0.0886. The number of carbonyl (C=O) groups excluding carboxylic acids is 1. The van der Waals surface area contributed by atoms with Gasteiger partial charge in [0.15, 0.2) is 12.5 Å². The highest BCUT2D eigenvalue weighted by molar-refractivity contribution is 7.98. The van der Waals surface area contributed by atoms with E-state index in [1.807, 2.05) is 12.3 Å². The third-order valence-electron chi connectivity index (χ3n) is 1.93. The molecule has 1 rings (SSSR count). The number of esters is 1. The van der Waals surface area contributed by atoms with Crippen molar-refractivity contribution in [3.8, 4) is 5.75 Å². The highest BCUT2D eigenvalue weighted by Gasteiger charge is 2.16. The lowest BCUT2D eigenvalue weighted by atomic mass is 10.2. The van der Waals surface area contributed by atoms with Crippen LogP contribution >= 0.6 is 11.8 Å². The van der Waals surface area contributed by atoms with E-state index in [1.165, 1.54) is 26.0 Å². The zero-order valence-corrected chi connectivity index (χ0v) is 10.3. The Bertz CT molecular complexity index is 365. The summed E-state index contributed by atoms with van der Waals surface area (Å²) in [5, 5.41) is 0. The summed E-state index contributed by atoms with van der Waals surface area (Å²) in [6.45, 7) is 0.0988. The number of methoxy groups -OCH3 is 2. The Morgan fingerprint density at radius 1 is 1.38 bits per heavy atom. The molecule has 5 heteroatoms. The highest BCUT2D eigenvalue weighted by Crippen LogP contribution is 2.31. The van der Waals surface area contributed by atoms with Crippen LogP contribution in [0.25, 0.3) is 0 Å². The number of ether oxygens (including phenoxy) is 3. The van der Waals surface area contributed by atoms with Gasteiger partial charge in [-0.3, -0.25) is 0 Å². The SMILES string of the molecule is COCOc1c(SC)cccc1C(=O)OC. The van der Waals surface area contributed by atoms with Crippen molar-refractivity contribution in [2.45, 2.75) is 4.90 Å². The monoisotopic (exact) mass is 242 g/mol. The first-order valence-corrected chi connectivity index (χ1v) is 5.84. The van der Waals surface area contributed by atoms with Crippen molar-refractivity contribution in [2.24, 2.45) is 0 Å². The molecular weight excluding hydrogens is 228 g/mol. The second kappa shape index (κ2) is 6.40. The van der Waals surface area contributed by atoms with E-state index in [1.54, 1.807) is 12.1 Å². The summed E-state index contributed by atoms with van der Waals surface area (Å²) >= 11 is 1.50. The molecule has 4 nitrogen and oxygen atoms in total. The van der Waals surface area contributed by atoms with E-state index in [9.17, 15) is 4.79 Å². The minimum Gasteiger partial charge on any atom is -0.465 e. The number of para-hydroxylation sites is 1. The molecule has 0 unspecified atom stereocenters. The molecular formula is C11H14O4S. The fourth-order valence-corrected chi connectivity index (χ4v) is 1.78.